The van der Waals surface area contributed by atoms with Crippen LogP contribution in [0.4, 0.5) is 0 Å². The molecule has 0 spiro atoms. The van der Waals surface area contributed by atoms with E-state index >= 15 is 0 Å². The van der Waals surface area contributed by atoms with Crippen molar-refractivity contribution in [2.75, 3.05) is 0 Å². The van der Waals surface area contributed by atoms with Gasteiger partial charge in [0.05, 0.1) is 18.3 Å². The van der Waals surface area contributed by atoms with Crippen LogP contribution in [0.3, 0.4) is 0 Å². The Balaban J connectivity index is 0.00000338. The Kier molecular flexibility index (Phi) is 12.0. The zero-order valence-corrected chi connectivity index (χ0v) is 18.2. The number of carboxylic acid groups (broad SMARTS) is 1. The number of carbonyl (C=O) groups is 1. The normalized spacial score (nSPS) is 28.7. The maximum atomic E-state index is 10.5. The van der Waals surface area contributed by atoms with Gasteiger partial charge in [0.15, 0.2) is 6.29 Å². The van der Waals surface area contributed by atoms with E-state index in [2.05, 4.69) is 13.0 Å². The van der Waals surface area contributed by atoms with Crippen LogP contribution in [0.25, 0.3) is 0 Å². The second-order valence-electron chi connectivity index (χ2n) is 7.05. The number of ether oxygens (including phenoxy) is 2. The maximum Gasteiger partial charge on any atom is 1.00 e. The monoisotopic (exact) mass is 376 g/mol. The van der Waals surface area contributed by atoms with Crippen LogP contribution in [0.15, 0.2) is 24.3 Å². The molecule has 0 aromatic rings. The Labute approximate surface area is 180 Å². The summed E-state index contributed by atoms with van der Waals surface area (Å²) in [6, 6.07) is 0. The van der Waals surface area contributed by atoms with Gasteiger partial charge in [-0.05, 0) is 25.7 Å². The van der Waals surface area contributed by atoms with Crippen LogP contribution >= 0.6 is 0 Å². The van der Waals surface area contributed by atoms with Gasteiger partial charge in [-0.15, -0.1) is 0 Å². The van der Waals surface area contributed by atoms with E-state index in [0.29, 0.717) is 6.42 Å². The molecule has 26 heavy (non-hydrogen) atoms. The predicted octanol–water partition coefficient (Wildman–Crippen LogP) is 0.932. The van der Waals surface area contributed by atoms with Crippen molar-refractivity contribution in [3.8, 4) is 0 Å². The van der Waals surface area contributed by atoms with E-state index in [1.54, 1.807) is 0 Å². The largest absolute Gasteiger partial charge is 1.00 e. The third-order valence-corrected chi connectivity index (χ3v) is 4.92. The smallest absolute Gasteiger partial charge is 1.00 e. The first-order chi connectivity index (χ1) is 12.1. The molecule has 0 aromatic heterocycles. The molecule has 0 unspecified atom stereocenters. The molecule has 0 aliphatic carbocycles. The SMILES string of the molecule is CCCCC[C@H](O)/C=C/[C@H]1O[C@H]2C[C@H](O2)[C@@H]1C/C=C\CCCC(=O)O.[H-].[Na+]. The van der Waals surface area contributed by atoms with Gasteiger partial charge in [-0.1, -0.05) is 50.5 Å². The van der Waals surface area contributed by atoms with Gasteiger partial charge in [0, 0.05) is 18.8 Å². The third-order valence-electron chi connectivity index (χ3n) is 4.92. The minimum absolute atomic E-state index is 0. The van der Waals surface area contributed by atoms with Gasteiger partial charge in [-0.25, -0.2) is 0 Å². The van der Waals surface area contributed by atoms with Crippen molar-refractivity contribution in [3.63, 3.8) is 0 Å². The van der Waals surface area contributed by atoms with Crippen molar-refractivity contribution < 1.29 is 55.5 Å². The summed E-state index contributed by atoms with van der Waals surface area (Å²) in [7, 11) is 0. The Morgan fingerprint density at radius 3 is 2.73 bits per heavy atom. The molecule has 2 N–H and O–H groups in total. The number of aliphatic carboxylic acids is 1. The van der Waals surface area contributed by atoms with Crippen LogP contribution in [0, 0.1) is 5.92 Å². The van der Waals surface area contributed by atoms with Crippen molar-refractivity contribution >= 4 is 5.97 Å². The van der Waals surface area contributed by atoms with Crippen molar-refractivity contribution in [1.29, 1.82) is 0 Å². The van der Waals surface area contributed by atoms with E-state index in [1.165, 1.54) is 0 Å². The Bertz CT molecular complexity index is 465. The summed E-state index contributed by atoms with van der Waals surface area (Å²) in [6.07, 6.45) is 15.4. The molecule has 2 bridgehead atoms. The molecule has 144 valence electrons. The number of allylic oxidation sites excluding steroid dienone is 2. The molecular formula is C20H33NaO5. The van der Waals surface area contributed by atoms with E-state index in [9.17, 15) is 9.90 Å². The summed E-state index contributed by atoms with van der Waals surface area (Å²) in [6.45, 7) is 2.16. The second kappa shape index (κ2) is 13.1. The number of rotatable bonds is 12. The van der Waals surface area contributed by atoms with Crippen LogP contribution < -0.4 is 29.6 Å². The first-order valence-electron chi connectivity index (χ1n) is 9.64. The van der Waals surface area contributed by atoms with Crippen LogP contribution in [0.1, 0.15) is 66.1 Å². The van der Waals surface area contributed by atoms with Gasteiger partial charge in [-0.3, -0.25) is 4.79 Å². The van der Waals surface area contributed by atoms with Gasteiger partial charge in [0.2, 0.25) is 0 Å². The average molecular weight is 376 g/mol. The van der Waals surface area contributed by atoms with Crippen molar-refractivity contribution in [1.82, 2.24) is 0 Å². The Hall–Kier alpha value is -0.170. The Morgan fingerprint density at radius 2 is 2.04 bits per heavy atom. The van der Waals surface area contributed by atoms with E-state index in [4.69, 9.17) is 14.6 Å². The molecule has 3 aliphatic heterocycles. The molecule has 0 radical (unpaired) electrons. The van der Waals surface area contributed by atoms with Gasteiger partial charge in [0.1, 0.15) is 0 Å². The quantitative estimate of drug-likeness (QED) is 0.301. The van der Waals surface area contributed by atoms with Crippen LogP contribution in [-0.4, -0.2) is 40.8 Å². The molecule has 3 heterocycles. The fourth-order valence-electron chi connectivity index (χ4n) is 3.38. The van der Waals surface area contributed by atoms with Crippen LogP contribution in [0.2, 0.25) is 0 Å². The fourth-order valence-corrected chi connectivity index (χ4v) is 3.38. The molecule has 6 heteroatoms. The van der Waals surface area contributed by atoms with Gasteiger partial charge in [-0.2, -0.15) is 0 Å². The molecular weight excluding hydrogens is 343 g/mol. The molecule has 5 nitrogen and oxygen atoms in total. The fraction of sp³-hybridized carbons (Fsp3) is 0.750. The number of carboxylic acids is 1. The minimum Gasteiger partial charge on any atom is -1.00 e. The summed E-state index contributed by atoms with van der Waals surface area (Å²) >= 11 is 0. The first kappa shape index (κ1) is 23.9. The topological polar surface area (TPSA) is 76.0 Å². The van der Waals surface area contributed by atoms with Gasteiger partial charge < -0.3 is 21.1 Å². The zero-order valence-electron chi connectivity index (χ0n) is 17.2. The summed E-state index contributed by atoms with van der Waals surface area (Å²) in [5.74, 6) is -0.481. The summed E-state index contributed by atoms with van der Waals surface area (Å²) < 4.78 is 11.6. The van der Waals surface area contributed by atoms with E-state index < -0.39 is 12.1 Å². The van der Waals surface area contributed by atoms with Crippen molar-refractivity contribution in [2.24, 2.45) is 5.92 Å². The molecule has 0 saturated carbocycles. The number of aliphatic hydroxyl groups is 1. The molecule has 0 amide bonds. The van der Waals surface area contributed by atoms with Crippen molar-refractivity contribution in [3.05, 3.63) is 24.3 Å². The second-order valence-corrected chi connectivity index (χ2v) is 7.05. The standard InChI is InChI=1S/C20H32O5.Na.H/c1-2-3-6-9-15(21)12-13-17-16(18-14-20(24-17)25-18)10-7-4-5-8-11-19(22)23;;/h4,7,12-13,15-18,20-21H,2-3,5-6,8-11,14H2,1H3,(H,22,23);;/q;+1;-1/b7-4-,13-12+;;/t15-,16+,17+,18-,20+;;/m0../s1. The molecule has 3 fully saturated rings. The molecule has 5 atom stereocenters. The number of unbranched alkanes of at least 4 members (excludes halogenated alkanes) is 3. The first-order valence-corrected chi connectivity index (χ1v) is 9.64. The summed E-state index contributed by atoms with van der Waals surface area (Å²) in [5, 5.41) is 18.7. The zero-order chi connectivity index (χ0) is 18.1. The van der Waals surface area contributed by atoms with Gasteiger partial charge >= 0.3 is 35.5 Å². The third kappa shape index (κ3) is 8.24. The maximum absolute atomic E-state index is 10.5. The molecule has 0 aromatic carbocycles. The van der Waals surface area contributed by atoms with Crippen molar-refractivity contribution in [2.45, 2.75) is 89.3 Å². The minimum atomic E-state index is -0.745. The van der Waals surface area contributed by atoms with Crippen LogP contribution in [-0.2, 0) is 14.3 Å². The van der Waals surface area contributed by atoms with E-state index in [1.807, 2.05) is 18.2 Å². The number of fused-ring (bicyclic) bond motifs is 2. The number of hydrogen-bond donors (Lipinski definition) is 2. The molecule has 3 saturated heterocycles. The van der Waals surface area contributed by atoms with Crippen LogP contribution in [0.5, 0.6) is 0 Å². The van der Waals surface area contributed by atoms with E-state index in [0.717, 1.165) is 44.9 Å². The predicted molar refractivity (Wildman–Crippen MR) is 97.3 cm³/mol. The van der Waals surface area contributed by atoms with E-state index in [-0.39, 0.29) is 61.8 Å². The summed E-state index contributed by atoms with van der Waals surface area (Å²) in [4.78, 5) is 10.5. The average Bonchev–Trinajstić information content (AvgIpc) is 2.55. The number of hydrogen-bond acceptors (Lipinski definition) is 4. The van der Waals surface area contributed by atoms with Gasteiger partial charge in [0.25, 0.3) is 0 Å². The summed E-state index contributed by atoms with van der Waals surface area (Å²) in [5.41, 5.74) is 0. The molecule has 3 aliphatic rings. The Morgan fingerprint density at radius 1 is 1.27 bits per heavy atom. The molecule has 3 rings (SSSR count). The number of aliphatic hydroxyl groups excluding tert-OH is 1.